The Morgan fingerprint density at radius 1 is 1.58 bits per heavy atom. The molecule has 0 saturated carbocycles. The van der Waals surface area contributed by atoms with Gasteiger partial charge in [0, 0.05) is 0 Å². The summed E-state index contributed by atoms with van der Waals surface area (Å²) in [5, 5.41) is 8.32. The molecule has 0 heterocycles. The van der Waals surface area contributed by atoms with Crippen molar-refractivity contribution >= 4 is 0 Å². The molecule has 0 spiro atoms. The first kappa shape index (κ1) is 8.86. The van der Waals surface area contributed by atoms with Crippen molar-refractivity contribution in [3.63, 3.8) is 0 Å². The van der Waals surface area contributed by atoms with Crippen LogP contribution in [-0.4, -0.2) is 0 Å². The summed E-state index contributed by atoms with van der Waals surface area (Å²) in [6, 6.07) is 0. The second-order valence-electron chi connectivity index (χ2n) is 3.24. The monoisotopic (exact) mass is 163 g/mol. The molecule has 64 valence electrons. The SMILES string of the molecule is CC1C=C(OC#N)C=CCC1C. The van der Waals surface area contributed by atoms with Crippen LogP contribution in [0.4, 0.5) is 0 Å². The van der Waals surface area contributed by atoms with Gasteiger partial charge in [-0.05, 0) is 30.4 Å². The summed E-state index contributed by atoms with van der Waals surface area (Å²) in [5.41, 5.74) is 0. The molecule has 2 nitrogen and oxygen atoms in total. The zero-order chi connectivity index (χ0) is 8.97. The number of hydrogen-bond donors (Lipinski definition) is 0. The number of hydrogen-bond acceptors (Lipinski definition) is 2. The van der Waals surface area contributed by atoms with E-state index in [2.05, 4.69) is 19.9 Å². The molecule has 0 aliphatic heterocycles. The van der Waals surface area contributed by atoms with Crippen molar-refractivity contribution in [2.24, 2.45) is 11.8 Å². The van der Waals surface area contributed by atoms with E-state index in [0.29, 0.717) is 17.6 Å². The summed E-state index contributed by atoms with van der Waals surface area (Å²) in [6.45, 7) is 4.33. The molecule has 0 saturated heterocycles. The summed E-state index contributed by atoms with van der Waals surface area (Å²) >= 11 is 0. The van der Waals surface area contributed by atoms with Gasteiger partial charge in [0.2, 0.25) is 0 Å². The van der Waals surface area contributed by atoms with Gasteiger partial charge in [0.25, 0.3) is 6.26 Å². The Morgan fingerprint density at radius 3 is 3.00 bits per heavy atom. The van der Waals surface area contributed by atoms with Gasteiger partial charge in [-0.25, -0.2) is 0 Å². The second kappa shape index (κ2) is 3.96. The molecule has 0 radical (unpaired) electrons. The molecule has 2 heteroatoms. The van der Waals surface area contributed by atoms with Crippen molar-refractivity contribution in [2.45, 2.75) is 20.3 Å². The van der Waals surface area contributed by atoms with E-state index >= 15 is 0 Å². The maximum atomic E-state index is 8.32. The Kier molecular flexibility index (Phi) is 2.93. The van der Waals surface area contributed by atoms with E-state index in [1.807, 2.05) is 12.2 Å². The molecular formula is C10H13NO. The number of nitriles is 1. The minimum atomic E-state index is 0.475. The molecule has 2 atom stereocenters. The molecule has 2 unspecified atom stereocenters. The lowest BCUT2D eigenvalue weighted by molar-refractivity contribution is 0.381. The number of nitrogens with zero attached hydrogens (tertiary/aromatic N) is 1. The normalized spacial score (nSPS) is 28.6. The van der Waals surface area contributed by atoms with Gasteiger partial charge in [-0.1, -0.05) is 19.9 Å². The van der Waals surface area contributed by atoms with E-state index in [4.69, 9.17) is 10.00 Å². The standard InChI is InChI=1S/C10H13NO/c1-8-4-3-5-10(12-7-11)6-9(8)2/h3,5-6,8-9H,4H2,1-2H3. The maximum absolute atomic E-state index is 8.32. The lowest BCUT2D eigenvalue weighted by atomic mass is 9.94. The zero-order valence-electron chi connectivity index (χ0n) is 7.45. The van der Waals surface area contributed by atoms with Crippen molar-refractivity contribution < 1.29 is 4.74 Å². The molecule has 0 aromatic rings. The van der Waals surface area contributed by atoms with Gasteiger partial charge < -0.3 is 4.74 Å². The predicted molar refractivity (Wildman–Crippen MR) is 46.9 cm³/mol. The van der Waals surface area contributed by atoms with E-state index in [1.54, 1.807) is 6.26 Å². The summed E-state index contributed by atoms with van der Waals surface area (Å²) < 4.78 is 4.76. The molecular weight excluding hydrogens is 150 g/mol. The van der Waals surface area contributed by atoms with Crippen molar-refractivity contribution in [3.8, 4) is 6.26 Å². The Labute approximate surface area is 73.1 Å². The van der Waals surface area contributed by atoms with Crippen LogP contribution >= 0.6 is 0 Å². The third kappa shape index (κ3) is 2.13. The van der Waals surface area contributed by atoms with Gasteiger partial charge >= 0.3 is 0 Å². The van der Waals surface area contributed by atoms with Gasteiger partial charge in [0.15, 0.2) is 0 Å². The third-order valence-corrected chi connectivity index (χ3v) is 2.28. The predicted octanol–water partition coefficient (Wildman–Crippen LogP) is 2.60. The number of ether oxygens (including phenoxy) is 1. The second-order valence-corrected chi connectivity index (χ2v) is 3.24. The fourth-order valence-electron chi connectivity index (χ4n) is 1.21. The van der Waals surface area contributed by atoms with Crippen LogP contribution in [0.1, 0.15) is 20.3 Å². The lowest BCUT2D eigenvalue weighted by Gasteiger charge is -2.12. The quantitative estimate of drug-likeness (QED) is 0.556. The highest BCUT2D eigenvalue weighted by atomic mass is 16.5. The Morgan fingerprint density at radius 2 is 2.33 bits per heavy atom. The van der Waals surface area contributed by atoms with Crippen molar-refractivity contribution in [1.82, 2.24) is 0 Å². The summed E-state index contributed by atoms with van der Waals surface area (Å²) in [4.78, 5) is 0. The van der Waals surface area contributed by atoms with E-state index in [1.165, 1.54) is 0 Å². The van der Waals surface area contributed by atoms with Gasteiger partial charge in [-0.15, -0.1) is 5.26 Å². The van der Waals surface area contributed by atoms with Crippen LogP contribution in [0.15, 0.2) is 24.0 Å². The van der Waals surface area contributed by atoms with Gasteiger partial charge in [-0.3, -0.25) is 0 Å². The molecule has 0 bridgehead atoms. The molecule has 1 aliphatic rings. The highest BCUT2D eigenvalue weighted by molar-refractivity contribution is 5.17. The maximum Gasteiger partial charge on any atom is 0.292 e. The molecule has 1 aliphatic carbocycles. The van der Waals surface area contributed by atoms with Gasteiger partial charge in [0.1, 0.15) is 5.76 Å². The number of rotatable bonds is 1. The molecule has 0 amide bonds. The van der Waals surface area contributed by atoms with Crippen LogP contribution in [0.5, 0.6) is 0 Å². The fraction of sp³-hybridized carbons (Fsp3) is 0.500. The van der Waals surface area contributed by atoms with Gasteiger partial charge in [0.05, 0.1) is 0 Å². The zero-order valence-corrected chi connectivity index (χ0v) is 7.45. The number of allylic oxidation sites excluding steroid dienone is 3. The summed E-state index contributed by atoms with van der Waals surface area (Å²) in [7, 11) is 0. The van der Waals surface area contributed by atoms with E-state index < -0.39 is 0 Å². The molecule has 0 N–H and O–H groups in total. The Bertz CT molecular complexity index is 247. The van der Waals surface area contributed by atoms with Crippen LogP contribution in [0.2, 0.25) is 0 Å². The van der Waals surface area contributed by atoms with E-state index in [-0.39, 0.29) is 0 Å². The van der Waals surface area contributed by atoms with Gasteiger partial charge in [-0.2, -0.15) is 0 Å². The van der Waals surface area contributed by atoms with Crippen LogP contribution in [0, 0.1) is 23.4 Å². The van der Waals surface area contributed by atoms with E-state index in [9.17, 15) is 0 Å². The first-order chi connectivity index (χ1) is 5.74. The van der Waals surface area contributed by atoms with Crippen LogP contribution < -0.4 is 0 Å². The van der Waals surface area contributed by atoms with Crippen LogP contribution in [0.25, 0.3) is 0 Å². The molecule has 0 aromatic heterocycles. The molecule has 12 heavy (non-hydrogen) atoms. The first-order valence-electron chi connectivity index (χ1n) is 4.18. The van der Waals surface area contributed by atoms with Crippen molar-refractivity contribution in [1.29, 1.82) is 5.26 Å². The van der Waals surface area contributed by atoms with E-state index in [0.717, 1.165) is 6.42 Å². The van der Waals surface area contributed by atoms with Crippen molar-refractivity contribution in [2.75, 3.05) is 0 Å². The average Bonchev–Trinajstić information content (AvgIpc) is 2.16. The van der Waals surface area contributed by atoms with Crippen LogP contribution in [-0.2, 0) is 4.74 Å². The molecule has 0 fully saturated rings. The first-order valence-corrected chi connectivity index (χ1v) is 4.18. The summed E-state index contributed by atoms with van der Waals surface area (Å²) in [5.74, 6) is 1.78. The fourth-order valence-corrected chi connectivity index (χ4v) is 1.21. The lowest BCUT2D eigenvalue weighted by Crippen LogP contribution is -2.03. The molecule has 0 aromatic carbocycles. The smallest absolute Gasteiger partial charge is 0.292 e. The highest BCUT2D eigenvalue weighted by Crippen LogP contribution is 2.22. The Hall–Kier alpha value is -1.23. The largest absolute Gasteiger partial charge is 0.388 e. The minimum absolute atomic E-state index is 0.475. The van der Waals surface area contributed by atoms with Crippen LogP contribution in [0.3, 0.4) is 0 Å². The Balaban J connectivity index is 2.73. The summed E-state index contributed by atoms with van der Waals surface area (Å²) in [6.07, 6.45) is 8.65. The topological polar surface area (TPSA) is 33.0 Å². The van der Waals surface area contributed by atoms with Crippen molar-refractivity contribution in [3.05, 3.63) is 24.0 Å². The highest BCUT2D eigenvalue weighted by Gasteiger charge is 2.12. The minimum Gasteiger partial charge on any atom is -0.388 e. The third-order valence-electron chi connectivity index (χ3n) is 2.28. The molecule has 1 rings (SSSR count). The average molecular weight is 163 g/mol.